The summed E-state index contributed by atoms with van der Waals surface area (Å²) in [6.07, 6.45) is 2.26. The number of aromatic carboxylic acids is 1. The fraction of sp³-hybridized carbons (Fsp3) is 0.429. The van der Waals surface area contributed by atoms with Crippen molar-refractivity contribution < 1.29 is 19.4 Å². The minimum Gasteiger partial charge on any atom is -0.493 e. The zero-order chi connectivity index (χ0) is 13.4. The van der Waals surface area contributed by atoms with E-state index in [4.69, 9.17) is 14.7 Å². The molecular weight excluding hydrogens is 246 g/mol. The molecule has 0 atom stereocenters. The van der Waals surface area contributed by atoms with Crippen LogP contribution in [-0.2, 0) is 19.3 Å². The second-order valence-electron chi connectivity index (χ2n) is 4.63. The van der Waals surface area contributed by atoms with Gasteiger partial charge in [-0.3, -0.25) is 0 Å². The van der Waals surface area contributed by atoms with E-state index in [0.717, 1.165) is 16.7 Å². The van der Waals surface area contributed by atoms with Gasteiger partial charge < -0.3 is 14.6 Å². The maximum Gasteiger partial charge on any atom is 0.339 e. The van der Waals surface area contributed by atoms with Crippen molar-refractivity contribution in [2.75, 3.05) is 13.2 Å². The lowest BCUT2D eigenvalue weighted by atomic mass is 9.92. The van der Waals surface area contributed by atoms with Crippen LogP contribution in [0.15, 0.2) is 0 Å². The Morgan fingerprint density at radius 2 is 1.89 bits per heavy atom. The molecule has 1 aromatic rings. The van der Waals surface area contributed by atoms with Gasteiger partial charge in [-0.05, 0) is 6.42 Å². The van der Waals surface area contributed by atoms with Crippen LogP contribution in [0.5, 0.6) is 11.5 Å². The molecule has 0 saturated carbocycles. The van der Waals surface area contributed by atoms with Gasteiger partial charge in [0.25, 0.3) is 0 Å². The van der Waals surface area contributed by atoms with Gasteiger partial charge in [-0.1, -0.05) is 0 Å². The monoisotopic (exact) mass is 259 g/mol. The topological polar surface area (TPSA) is 79.6 Å². The van der Waals surface area contributed by atoms with Gasteiger partial charge in [-0.25, -0.2) is 4.79 Å². The number of carbonyl (C=O) groups is 1. The molecule has 0 fully saturated rings. The third kappa shape index (κ3) is 1.72. The minimum absolute atomic E-state index is 0.251. The first-order valence-electron chi connectivity index (χ1n) is 6.30. The summed E-state index contributed by atoms with van der Waals surface area (Å²) in [6.45, 7) is 0.996. The molecule has 0 spiro atoms. The Labute approximate surface area is 110 Å². The van der Waals surface area contributed by atoms with Crippen molar-refractivity contribution in [3.05, 3.63) is 22.3 Å². The third-order valence-corrected chi connectivity index (χ3v) is 3.61. The number of ether oxygens (including phenoxy) is 2. The molecule has 2 aliphatic rings. The summed E-state index contributed by atoms with van der Waals surface area (Å²) >= 11 is 0. The number of hydrogen-bond donors (Lipinski definition) is 1. The van der Waals surface area contributed by atoms with E-state index in [1.807, 2.05) is 0 Å². The Bertz CT molecular complexity index is 565. The van der Waals surface area contributed by atoms with Gasteiger partial charge in [0, 0.05) is 36.0 Å². The SMILES string of the molecule is N#CCCc1c2c(c(C(=O)O)c3c1OCC3)OCC2. The first-order valence-corrected chi connectivity index (χ1v) is 6.30. The number of benzene rings is 1. The number of nitrogens with zero attached hydrogens (tertiary/aromatic N) is 1. The highest BCUT2D eigenvalue weighted by atomic mass is 16.5. The molecule has 98 valence electrons. The van der Waals surface area contributed by atoms with E-state index >= 15 is 0 Å². The molecule has 3 rings (SSSR count). The smallest absolute Gasteiger partial charge is 0.339 e. The van der Waals surface area contributed by atoms with Crippen molar-refractivity contribution in [2.24, 2.45) is 0 Å². The molecule has 2 aliphatic heterocycles. The van der Waals surface area contributed by atoms with Crippen molar-refractivity contribution in [3.63, 3.8) is 0 Å². The summed E-state index contributed by atoms with van der Waals surface area (Å²) in [4.78, 5) is 11.5. The van der Waals surface area contributed by atoms with E-state index < -0.39 is 5.97 Å². The van der Waals surface area contributed by atoms with Gasteiger partial charge in [-0.2, -0.15) is 5.26 Å². The fourth-order valence-electron chi connectivity index (χ4n) is 2.88. The standard InChI is InChI=1S/C14H13NO4/c15-5-1-2-8-9-3-6-19-13(9)11(14(16)17)10-4-7-18-12(8)10/h1-4,6-7H2,(H,16,17). The van der Waals surface area contributed by atoms with Crippen LogP contribution >= 0.6 is 0 Å². The molecule has 0 amide bonds. The van der Waals surface area contributed by atoms with Crippen molar-refractivity contribution in [3.8, 4) is 17.6 Å². The number of hydrogen-bond acceptors (Lipinski definition) is 4. The number of rotatable bonds is 3. The van der Waals surface area contributed by atoms with Crippen LogP contribution in [0, 0.1) is 11.3 Å². The Balaban J connectivity index is 2.22. The Hall–Kier alpha value is -2.22. The average Bonchev–Trinajstić information content (AvgIpc) is 3.01. The summed E-state index contributed by atoms with van der Waals surface area (Å²) in [7, 11) is 0. The van der Waals surface area contributed by atoms with E-state index in [2.05, 4.69) is 6.07 Å². The summed E-state index contributed by atoms with van der Waals surface area (Å²) in [6, 6.07) is 2.12. The number of carboxylic acids is 1. The van der Waals surface area contributed by atoms with Gasteiger partial charge in [0.2, 0.25) is 0 Å². The summed E-state index contributed by atoms with van der Waals surface area (Å²) in [5, 5.41) is 18.1. The summed E-state index contributed by atoms with van der Waals surface area (Å²) in [5.41, 5.74) is 2.85. The highest BCUT2D eigenvalue weighted by molar-refractivity contribution is 5.95. The molecule has 1 aromatic carbocycles. The number of nitriles is 1. The van der Waals surface area contributed by atoms with Gasteiger partial charge in [0.15, 0.2) is 0 Å². The summed E-state index contributed by atoms with van der Waals surface area (Å²) in [5.74, 6) is 0.202. The van der Waals surface area contributed by atoms with E-state index in [9.17, 15) is 9.90 Å². The van der Waals surface area contributed by atoms with Crippen LogP contribution in [0.25, 0.3) is 0 Å². The number of carboxylic acid groups (broad SMARTS) is 1. The van der Waals surface area contributed by atoms with Crippen LogP contribution in [0.3, 0.4) is 0 Å². The Kier molecular flexibility index (Phi) is 2.79. The van der Waals surface area contributed by atoms with Gasteiger partial charge in [0.05, 0.1) is 19.3 Å². The lowest BCUT2D eigenvalue weighted by molar-refractivity contribution is 0.0692. The first kappa shape index (κ1) is 11.8. The predicted octanol–water partition coefficient (Wildman–Crippen LogP) is 1.71. The van der Waals surface area contributed by atoms with Crippen molar-refractivity contribution in [1.82, 2.24) is 0 Å². The van der Waals surface area contributed by atoms with Crippen molar-refractivity contribution in [2.45, 2.75) is 25.7 Å². The first-order chi connectivity index (χ1) is 9.24. The molecule has 0 bridgehead atoms. The molecule has 2 heterocycles. The van der Waals surface area contributed by atoms with Gasteiger partial charge >= 0.3 is 5.97 Å². The molecule has 1 N–H and O–H groups in total. The maximum atomic E-state index is 11.5. The molecule has 0 aromatic heterocycles. The van der Waals surface area contributed by atoms with Gasteiger partial charge in [0.1, 0.15) is 17.1 Å². The van der Waals surface area contributed by atoms with Crippen LogP contribution in [0.2, 0.25) is 0 Å². The fourth-order valence-corrected chi connectivity index (χ4v) is 2.88. The summed E-state index contributed by atoms with van der Waals surface area (Å²) < 4.78 is 11.1. The van der Waals surface area contributed by atoms with Crippen LogP contribution in [-0.4, -0.2) is 24.3 Å². The highest BCUT2D eigenvalue weighted by Gasteiger charge is 2.33. The van der Waals surface area contributed by atoms with E-state index in [1.54, 1.807) is 0 Å². The maximum absolute atomic E-state index is 11.5. The predicted molar refractivity (Wildman–Crippen MR) is 65.7 cm³/mol. The lowest BCUT2D eigenvalue weighted by Crippen LogP contribution is -2.06. The van der Waals surface area contributed by atoms with Crippen molar-refractivity contribution >= 4 is 5.97 Å². The zero-order valence-corrected chi connectivity index (χ0v) is 10.4. The molecule has 0 unspecified atom stereocenters. The van der Waals surface area contributed by atoms with E-state index in [0.29, 0.717) is 50.4 Å². The lowest BCUT2D eigenvalue weighted by Gasteiger charge is -2.14. The third-order valence-electron chi connectivity index (χ3n) is 3.61. The molecule has 0 aliphatic carbocycles. The second-order valence-corrected chi connectivity index (χ2v) is 4.63. The second kappa shape index (κ2) is 4.47. The quantitative estimate of drug-likeness (QED) is 0.893. The largest absolute Gasteiger partial charge is 0.493 e. The molecular formula is C14H13NO4. The molecule has 19 heavy (non-hydrogen) atoms. The number of fused-ring (bicyclic) bond motifs is 2. The van der Waals surface area contributed by atoms with Gasteiger partial charge in [-0.15, -0.1) is 0 Å². The van der Waals surface area contributed by atoms with Crippen molar-refractivity contribution in [1.29, 1.82) is 5.26 Å². The van der Waals surface area contributed by atoms with Crippen LogP contribution < -0.4 is 9.47 Å². The molecule has 0 radical (unpaired) electrons. The Morgan fingerprint density at radius 1 is 1.21 bits per heavy atom. The normalized spacial score (nSPS) is 15.1. The highest BCUT2D eigenvalue weighted by Crippen LogP contribution is 2.44. The van der Waals surface area contributed by atoms with Crippen LogP contribution in [0.1, 0.15) is 33.5 Å². The minimum atomic E-state index is -0.966. The van der Waals surface area contributed by atoms with Crippen LogP contribution in [0.4, 0.5) is 0 Å². The zero-order valence-electron chi connectivity index (χ0n) is 10.4. The van der Waals surface area contributed by atoms with E-state index in [-0.39, 0.29) is 5.56 Å². The molecule has 5 heteroatoms. The van der Waals surface area contributed by atoms with E-state index in [1.165, 1.54) is 0 Å². The molecule has 5 nitrogen and oxygen atoms in total. The molecule has 0 saturated heterocycles. The average molecular weight is 259 g/mol. The Morgan fingerprint density at radius 3 is 2.58 bits per heavy atom.